The summed E-state index contributed by atoms with van der Waals surface area (Å²) < 4.78 is 35.2. The number of aromatic nitrogens is 1. The lowest BCUT2D eigenvalue weighted by molar-refractivity contribution is -0.146. The summed E-state index contributed by atoms with van der Waals surface area (Å²) in [6.45, 7) is 1.56. The molecule has 1 atom stereocenters. The first kappa shape index (κ1) is 17.1. The van der Waals surface area contributed by atoms with E-state index >= 15 is 0 Å². The molecule has 116 valence electrons. The van der Waals surface area contributed by atoms with Crippen LogP contribution in [0.15, 0.2) is 24.4 Å². The highest BCUT2D eigenvalue weighted by atomic mass is 32.2. The average Bonchev–Trinajstić information content (AvgIpc) is 2.37. The SMILES string of the molecule is CCOC(=O)[C@H](CS(=O)(=O)O)NC(=O)Cc1ccccn1. The summed E-state index contributed by atoms with van der Waals surface area (Å²) in [5, 5.41) is 2.21. The molecule has 0 bridgehead atoms. The van der Waals surface area contributed by atoms with Crippen LogP contribution in [-0.2, 0) is 30.9 Å². The van der Waals surface area contributed by atoms with Gasteiger partial charge in [-0.3, -0.25) is 14.3 Å². The second-order valence-electron chi connectivity index (χ2n) is 4.12. The van der Waals surface area contributed by atoms with Gasteiger partial charge < -0.3 is 10.1 Å². The Bertz CT molecular complexity index is 587. The van der Waals surface area contributed by atoms with Crippen molar-refractivity contribution in [1.29, 1.82) is 0 Å². The lowest BCUT2D eigenvalue weighted by Crippen LogP contribution is -2.46. The largest absolute Gasteiger partial charge is 0.464 e. The fraction of sp³-hybridized carbons (Fsp3) is 0.417. The molecule has 0 fully saturated rings. The number of nitrogens with zero attached hydrogens (tertiary/aromatic N) is 1. The Hall–Kier alpha value is -2.00. The predicted octanol–water partition coefficient (Wildman–Crippen LogP) is -0.440. The molecule has 0 aliphatic heterocycles. The lowest BCUT2D eigenvalue weighted by atomic mass is 10.2. The number of hydrogen-bond acceptors (Lipinski definition) is 6. The first-order valence-corrected chi connectivity index (χ1v) is 7.74. The van der Waals surface area contributed by atoms with E-state index in [-0.39, 0.29) is 13.0 Å². The Morgan fingerprint density at radius 1 is 1.43 bits per heavy atom. The normalized spacial score (nSPS) is 12.5. The van der Waals surface area contributed by atoms with Crippen molar-refractivity contribution in [2.45, 2.75) is 19.4 Å². The van der Waals surface area contributed by atoms with Gasteiger partial charge in [0.15, 0.2) is 0 Å². The zero-order valence-corrected chi connectivity index (χ0v) is 12.2. The molecule has 0 aliphatic rings. The highest BCUT2D eigenvalue weighted by molar-refractivity contribution is 7.85. The summed E-state index contributed by atoms with van der Waals surface area (Å²) in [7, 11) is -4.44. The number of rotatable bonds is 7. The lowest BCUT2D eigenvalue weighted by Gasteiger charge is -2.15. The van der Waals surface area contributed by atoms with E-state index in [1.54, 1.807) is 18.2 Å². The summed E-state index contributed by atoms with van der Waals surface area (Å²) in [5.41, 5.74) is 0.462. The molecule has 1 aromatic heterocycles. The molecule has 0 saturated heterocycles. The first-order valence-electron chi connectivity index (χ1n) is 6.13. The Balaban J connectivity index is 2.71. The van der Waals surface area contributed by atoms with Crippen LogP contribution in [0.2, 0.25) is 0 Å². The van der Waals surface area contributed by atoms with Gasteiger partial charge in [0.1, 0.15) is 11.8 Å². The van der Waals surface area contributed by atoms with Gasteiger partial charge in [-0.15, -0.1) is 0 Å². The number of amides is 1. The Labute approximate surface area is 122 Å². The molecule has 0 aliphatic carbocycles. The fourth-order valence-electron chi connectivity index (χ4n) is 1.53. The Morgan fingerprint density at radius 3 is 2.67 bits per heavy atom. The van der Waals surface area contributed by atoms with Crippen molar-refractivity contribution in [3.8, 4) is 0 Å². The number of carbonyl (C=O) groups excluding carboxylic acids is 2. The molecule has 1 rings (SSSR count). The smallest absolute Gasteiger partial charge is 0.329 e. The van der Waals surface area contributed by atoms with Crippen molar-refractivity contribution in [1.82, 2.24) is 10.3 Å². The van der Waals surface area contributed by atoms with E-state index in [9.17, 15) is 18.0 Å². The summed E-state index contributed by atoms with van der Waals surface area (Å²) in [5.74, 6) is -2.47. The number of pyridine rings is 1. The topological polar surface area (TPSA) is 123 Å². The van der Waals surface area contributed by atoms with Crippen molar-refractivity contribution in [2.75, 3.05) is 12.4 Å². The van der Waals surface area contributed by atoms with Crippen LogP contribution in [0.5, 0.6) is 0 Å². The van der Waals surface area contributed by atoms with Crippen LogP contribution in [0.4, 0.5) is 0 Å². The number of carbonyl (C=O) groups is 2. The molecule has 1 amide bonds. The average molecular weight is 316 g/mol. The minimum absolute atomic E-state index is 0.0247. The van der Waals surface area contributed by atoms with Gasteiger partial charge in [-0.05, 0) is 19.1 Å². The van der Waals surface area contributed by atoms with Crippen LogP contribution in [0.25, 0.3) is 0 Å². The number of nitrogens with one attached hydrogen (secondary N) is 1. The number of hydrogen-bond donors (Lipinski definition) is 2. The van der Waals surface area contributed by atoms with Gasteiger partial charge in [-0.2, -0.15) is 8.42 Å². The van der Waals surface area contributed by atoms with E-state index in [2.05, 4.69) is 15.0 Å². The van der Waals surface area contributed by atoms with Crippen molar-refractivity contribution in [3.05, 3.63) is 30.1 Å². The Kier molecular flexibility index (Phi) is 6.25. The molecule has 2 N–H and O–H groups in total. The molecule has 0 radical (unpaired) electrons. The molecular formula is C12H16N2O6S. The second-order valence-corrected chi connectivity index (χ2v) is 5.62. The maximum absolute atomic E-state index is 11.8. The van der Waals surface area contributed by atoms with Crippen LogP contribution < -0.4 is 5.32 Å². The van der Waals surface area contributed by atoms with Crippen molar-refractivity contribution in [2.24, 2.45) is 0 Å². The highest BCUT2D eigenvalue weighted by Gasteiger charge is 2.27. The van der Waals surface area contributed by atoms with Crippen LogP contribution in [-0.4, -0.2) is 48.2 Å². The molecular weight excluding hydrogens is 300 g/mol. The summed E-state index contributed by atoms with van der Waals surface area (Å²) in [6.07, 6.45) is 1.38. The van der Waals surface area contributed by atoms with E-state index in [0.29, 0.717) is 5.69 Å². The number of ether oxygens (including phenoxy) is 1. The molecule has 0 aromatic carbocycles. The minimum Gasteiger partial charge on any atom is -0.464 e. The molecule has 0 unspecified atom stereocenters. The van der Waals surface area contributed by atoms with Gasteiger partial charge >= 0.3 is 5.97 Å². The standard InChI is InChI=1S/C12H16N2O6S/c1-2-20-12(16)10(8-21(17,18)19)14-11(15)7-9-5-3-4-6-13-9/h3-6,10H,2,7-8H2,1H3,(H,14,15)(H,17,18,19)/t10-/m0/s1. The first-order chi connectivity index (χ1) is 9.81. The third kappa shape index (κ3) is 6.82. The Morgan fingerprint density at radius 2 is 2.14 bits per heavy atom. The minimum atomic E-state index is -4.44. The predicted molar refractivity (Wildman–Crippen MR) is 72.9 cm³/mol. The molecule has 1 aromatic rings. The van der Waals surface area contributed by atoms with Crippen molar-refractivity contribution in [3.63, 3.8) is 0 Å². The summed E-state index contributed by atoms with van der Waals surface area (Å²) in [6, 6.07) is 3.52. The van der Waals surface area contributed by atoms with Crippen molar-refractivity contribution >= 4 is 22.0 Å². The molecule has 8 nitrogen and oxygen atoms in total. The molecule has 0 saturated carbocycles. The van der Waals surface area contributed by atoms with Crippen LogP contribution in [0.1, 0.15) is 12.6 Å². The van der Waals surface area contributed by atoms with Gasteiger partial charge in [0.25, 0.3) is 10.1 Å². The molecule has 21 heavy (non-hydrogen) atoms. The van der Waals surface area contributed by atoms with E-state index in [0.717, 1.165) is 0 Å². The van der Waals surface area contributed by atoms with Gasteiger partial charge in [0.2, 0.25) is 5.91 Å². The highest BCUT2D eigenvalue weighted by Crippen LogP contribution is 1.99. The van der Waals surface area contributed by atoms with Crippen LogP contribution in [0.3, 0.4) is 0 Å². The van der Waals surface area contributed by atoms with E-state index in [4.69, 9.17) is 4.55 Å². The summed E-state index contributed by atoms with van der Waals surface area (Å²) >= 11 is 0. The van der Waals surface area contributed by atoms with E-state index in [1.165, 1.54) is 13.1 Å². The number of esters is 1. The second kappa shape index (κ2) is 7.70. The maximum atomic E-state index is 11.8. The van der Waals surface area contributed by atoms with Crippen LogP contribution >= 0.6 is 0 Å². The molecule has 1 heterocycles. The fourth-order valence-corrected chi connectivity index (χ4v) is 2.18. The maximum Gasteiger partial charge on any atom is 0.329 e. The third-order valence-corrected chi connectivity index (χ3v) is 3.11. The van der Waals surface area contributed by atoms with Crippen LogP contribution in [0, 0.1) is 0 Å². The van der Waals surface area contributed by atoms with Gasteiger partial charge in [0, 0.05) is 11.9 Å². The van der Waals surface area contributed by atoms with E-state index < -0.39 is 33.8 Å². The van der Waals surface area contributed by atoms with E-state index in [1.807, 2.05) is 0 Å². The quantitative estimate of drug-likeness (QED) is 0.516. The van der Waals surface area contributed by atoms with Gasteiger partial charge in [-0.1, -0.05) is 6.07 Å². The monoisotopic (exact) mass is 316 g/mol. The molecule has 9 heteroatoms. The van der Waals surface area contributed by atoms with Crippen molar-refractivity contribution < 1.29 is 27.3 Å². The van der Waals surface area contributed by atoms with Gasteiger partial charge in [0.05, 0.1) is 13.0 Å². The zero-order valence-electron chi connectivity index (χ0n) is 11.4. The molecule has 0 spiro atoms. The third-order valence-electron chi connectivity index (χ3n) is 2.35. The zero-order chi connectivity index (χ0) is 15.9. The summed E-state index contributed by atoms with van der Waals surface area (Å²) in [4.78, 5) is 27.3. The van der Waals surface area contributed by atoms with Gasteiger partial charge in [-0.25, -0.2) is 4.79 Å².